The Balaban J connectivity index is 1.60. The van der Waals surface area contributed by atoms with E-state index in [1.807, 2.05) is 30.2 Å². The minimum Gasteiger partial charge on any atom is -0.352 e. The van der Waals surface area contributed by atoms with Gasteiger partial charge in [0.05, 0.1) is 6.04 Å². The van der Waals surface area contributed by atoms with E-state index in [9.17, 15) is 0 Å². The van der Waals surface area contributed by atoms with Crippen molar-refractivity contribution in [2.75, 3.05) is 40.9 Å². The van der Waals surface area contributed by atoms with Crippen molar-refractivity contribution in [3.63, 3.8) is 0 Å². The van der Waals surface area contributed by atoms with Gasteiger partial charge < -0.3 is 9.80 Å². The first kappa shape index (κ1) is 16.7. The van der Waals surface area contributed by atoms with Crippen LogP contribution in [0.15, 0.2) is 29.2 Å². The number of nitrogens with zero attached hydrogens (tertiary/aromatic N) is 7. The summed E-state index contributed by atoms with van der Waals surface area (Å²) in [4.78, 5) is 18.7. The second-order valence-corrected chi connectivity index (χ2v) is 8.10. The summed E-state index contributed by atoms with van der Waals surface area (Å²) < 4.78 is 4.88. The third kappa shape index (κ3) is 3.20. The zero-order valence-electron chi connectivity index (χ0n) is 15.0. The molecule has 0 aromatic carbocycles. The van der Waals surface area contributed by atoms with Gasteiger partial charge in [-0.05, 0) is 41.2 Å². The van der Waals surface area contributed by atoms with E-state index in [0.717, 1.165) is 55.6 Å². The molecule has 3 aromatic rings. The highest BCUT2D eigenvalue weighted by molar-refractivity contribution is 7.99. The van der Waals surface area contributed by atoms with E-state index >= 15 is 0 Å². The summed E-state index contributed by atoms with van der Waals surface area (Å²) in [7, 11) is 0. The number of thioether (sulfide) groups is 1. The quantitative estimate of drug-likeness (QED) is 0.677. The predicted octanol–water partition coefficient (Wildman–Crippen LogP) is 2.69. The van der Waals surface area contributed by atoms with Crippen LogP contribution >= 0.6 is 11.8 Å². The van der Waals surface area contributed by atoms with E-state index in [2.05, 4.69) is 31.2 Å². The van der Waals surface area contributed by atoms with Crippen molar-refractivity contribution < 1.29 is 4.63 Å². The molecule has 0 aliphatic carbocycles. The van der Waals surface area contributed by atoms with E-state index in [1.165, 1.54) is 12.0 Å². The van der Waals surface area contributed by atoms with Crippen molar-refractivity contribution in [1.29, 1.82) is 0 Å². The summed E-state index contributed by atoms with van der Waals surface area (Å²) in [5.74, 6) is 3.98. The van der Waals surface area contributed by atoms with Crippen LogP contribution in [-0.4, -0.2) is 56.4 Å². The van der Waals surface area contributed by atoms with Crippen molar-refractivity contribution >= 4 is 34.7 Å². The van der Waals surface area contributed by atoms with Gasteiger partial charge in [0.2, 0.25) is 11.3 Å². The van der Waals surface area contributed by atoms with Gasteiger partial charge in [0.1, 0.15) is 0 Å². The Labute approximate surface area is 161 Å². The fourth-order valence-electron chi connectivity index (χ4n) is 3.91. The molecule has 2 aliphatic rings. The average molecular weight is 383 g/mol. The lowest BCUT2D eigenvalue weighted by Gasteiger charge is -2.39. The molecule has 1 unspecified atom stereocenters. The monoisotopic (exact) mass is 383 g/mol. The summed E-state index contributed by atoms with van der Waals surface area (Å²) in [6, 6.07) is 4.40. The minimum atomic E-state index is 0.247. The number of fused-ring (bicyclic) bond motifs is 1. The highest BCUT2D eigenvalue weighted by atomic mass is 32.2. The fraction of sp³-hybridized carbons (Fsp3) is 0.500. The van der Waals surface area contributed by atoms with E-state index in [1.54, 1.807) is 0 Å². The first-order valence-electron chi connectivity index (χ1n) is 9.40. The molecule has 2 aliphatic heterocycles. The summed E-state index contributed by atoms with van der Waals surface area (Å²) in [6.45, 7) is 2.88. The normalized spacial score (nSPS) is 21.0. The van der Waals surface area contributed by atoms with Crippen LogP contribution in [0, 0.1) is 0 Å². The molecule has 2 saturated heterocycles. The van der Waals surface area contributed by atoms with Crippen LogP contribution in [0.25, 0.3) is 11.3 Å². The zero-order valence-corrected chi connectivity index (χ0v) is 15.8. The third-order valence-corrected chi connectivity index (χ3v) is 6.18. The molecule has 0 radical (unpaired) electrons. The molecule has 2 fully saturated rings. The van der Waals surface area contributed by atoms with Crippen LogP contribution in [-0.2, 0) is 0 Å². The molecule has 1 atom stereocenters. The Morgan fingerprint density at radius 3 is 2.59 bits per heavy atom. The molecule has 5 rings (SSSR count). The summed E-state index contributed by atoms with van der Waals surface area (Å²) in [5.41, 5.74) is 2.16. The minimum absolute atomic E-state index is 0.247. The van der Waals surface area contributed by atoms with Crippen LogP contribution < -0.4 is 9.80 Å². The molecule has 5 heterocycles. The van der Waals surface area contributed by atoms with Gasteiger partial charge in [0.25, 0.3) is 0 Å². The maximum atomic E-state index is 4.88. The number of rotatable bonds is 3. The molecule has 9 heteroatoms. The molecular weight excluding hydrogens is 362 g/mol. The number of anilines is 2. The molecule has 27 heavy (non-hydrogen) atoms. The second kappa shape index (κ2) is 7.30. The van der Waals surface area contributed by atoms with E-state index in [-0.39, 0.29) is 6.04 Å². The molecule has 0 saturated carbocycles. The maximum Gasteiger partial charge on any atom is 0.245 e. The van der Waals surface area contributed by atoms with Gasteiger partial charge in [0, 0.05) is 43.5 Å². The maximum absolute atomic E-state index is 4.88. The summed E-state index contributed by atoms with van der Waals surface area (Å²) in [5, 5.41) is 7.85. The van der Waals surface area contributed by atoms with Gasteiger partial charge >= 0.3 is 0 Å². The Bertz CT molecular complexity index is 912. The van der Waals surface area contributed by atoms with E-state index in [4.69, 9.17) is 14.6 Å². The van der Waals surface area contributed by atoms with Gasteiger partial charge in [-0.1, -0.05) is 6.07 Å². The first-order valence-corrected chi connectivity index (χ1v) is 10.6. The lowest BCUT2D eigenvalue weighted by atomic mass is 9.96. The molecule has 0 N–H and O–H groups in total. The van der Waals surface area contributed by atoms with Crippen LogP contribution in [0.4, 0.5) is 11.6 Å². The highest BCUT2D eigenvalue weighted by Gasteiger charge is 2.31. The third-order valence-electron chi connectivity index (χ3n) is 5.23. The highest BCUT2D eigenvalue weighted by Crippen LogP contribution is 2.38. The lowest BCUT2D eigenvalue weighted by Crippen LogP contribution is -2.38. The Morgan fingerprint density at radius 1 is 1.00 bits per heavy atom. The number of hydrogen-bond acceptors (Lipinski definition) is 9. The molecule has 8 nitrogen and oxygen atoms in total. The average Bonchev–Trinajstić information content (AvgIpc) is 3.22. The van der Waals surface area contributed by atoms with Gasteiger partial charge in [-0.25, -0.2) is 14.6 Å². The first-order chi connectivity index (χ1) is 13.4. The van der Waals surface area contributed by atoms with Crippen LogP contribution in [0.3, 0.4) is 0 Å². The van der Waals surface area contributed by atoms with E-state index < -0.39 is 0 Å². The smallest absolute Gasteiger partial charge is 0.245 e. The van der Waals surface area contributed by atoms with Crippen LogP contribution in [0.2, 0.25) is 0 Å². The van der Waals surface area contributed by atoms with Gasteiger partial charge in [-0.15, -0.1) is 0 Å². The second-order valence-electron chi connectivity index (χ2n) is 6.87. The van der Waals surface area contributed by atoms with Crippen LogP contribution in [0.5, 0.6) is 0 Å². The van der Waals surface area contributed by atoms with Crippen molar-refractivity contribution in [3.05, 3.63) is 30.1 Å². The fourth-order valence-corrected chi connectivity index (χ4v) is 4.81. The standard InChI is InChI=1S/C18H21N7OS/c1-2-7-25(14(5-1)13-4-3-6-19-12-13)18-17(24-8-10-27-11-9-24)20-15-16(21-18)23-26-22-15/h3-4,6,12,14H,1-2,5,7-11H2. The van der Waals surface area contributed by atoms with Crippen molar-refractivity contribution in [3.8, 4) is 0 Å². The summed E-state index contributed by atoms with van der Waals surface area (Å²) in [6.07, 6.45) is 7.21. The topological polar surface area (TPSA) is 84.1 Å². The van der Waals surface area contributed by atoms with Gasteiger partial charge in [-0.2, -0.15) is 11.8 Å². The SMILES string of the molecule is c1cncc(C2CCCCN2c2nc3nonc3nc2N2CCSCC2)c1. The molecule has 140 valence electrons. The Kier molecular flexibility index (Phi) is 4.52. The van der Waals surface area contributed by atoms with E-state index in [0.29, 0.717) is 11.3 Å². The van der Waals surface area contributed by atoms with Crippen molar-refractivity contribution in [1.82, 2.24) is 25.3 Å². The van der Waals surface area contributed by atoms with Gasteiger partial charge in [0.15, 0.2) is 11.6 Å². The molecule has 0 bridgehead atoms. The van der Waals surface area contributed by atoms with Crippen LogP contribution in [0.1, 0.15) is 30.9 Å². The number of piperidine rings is 1. The number of aromatic nitrogens is 5. The predicted molar refractivity (Wildman–Crippen MR) is 105 cm³/mol. The Morgan fingerprint density at radius 2 is 1.81 bits per heavy atom. The van der Waals surface area contributed by atoms with Crippen molar-refractivity contribution in [2.24, 2.45) is 0 Å². The van der Waals surface area contributed by atoms with Crippen molar-refractivity contribution in [2.45, 2.75) is 25.3 Å². The molecular formula is C18H21N7OS. The lowest BCUT2D eigenvalue weighted by molar-refractivity contribution is 0.314. The largest absolute Gasteiger partial charge is 0.352 e. The molecule has 3 aromatic heterocycles. The molecule has 0 spiro atoms. The number of hydrogen-bond donors (Lipinski definition) is 0. The summed E-state index contributed by atoms with van der Waals surface area (Å²) >= 11 is 1.98. The number of pyridine rings is 1. The Hall–Kier alpha value is -2.42. The zero-order chi connectivity index (χ0) is 18.1. The van der Waals surface area contributed by atoms with Gasteiger partial charge in [-0.3, -0.25) is 4.98 Å². The molecule has 0 amide bonds.